The summed E-state index contributed by atoms with van der Waals surface area (Å²) in [6, 6.07) is 8.10. The predicted octanol–water partition coefficient (Wildman–Crippen LogP) is 3.38. The van der Waals surface area contributed by atoms with E-state index >= 15 is 0 Å². The fraction of sp³-hybridized carbons (Fsp3) is 0.588. The van der Waals surface area contributed by atoms with Crippen molar-refractivity contribution in [1.29, 1.82) is 0 Å². The van der Waals surface area contributed by atoms with Crippen molar-refractivity contribution in [3.05, 3.63) is 29.8 Å². The molecule has 1 N–H and O–H groups in total. The summed E-state index contributed by atoms with van der Waals surface area (Å²) < 4.78 is 5.19. The molecule has 0 spiro atoms. The van der Waals surface area contributed by atoms with Crippen LogP contribution in [0.2, 0.25) is 0 Å². The number of ether oxygens (including phenoxy) is 1. The van der Waals surface area contributed by atoms with Gasteiger partial charge in [0.05, 0.1) is 12.6 Å². The first-order chi connectivity index (χ1) is 9.73. The van der Waals surface area contributed by atoms with Crippen LogP contribution in [0.5, 0.6) is 5.75 Å². The summed E-state index contributed by atoms with van der Waals surface area (Å²) in [4.78, 5) is 12.4. The lowest BCUT2D eigenvalue weighted by Gasteiger charge is -2.25. The summed E-state index contributed by atoms with van der Waals surface area (Å²) in [5.41, 5.74) is 1.11. The highest BCUT2D eigenvalue weighted by Crippen LogP contribution is 2.46. The van der Waals surface area contributed by atoms with E-state index in [9.17, 15) is 4.79 Å². The largest absolute Gasteiger partial charge is 0.497 e. The minimum atomic E-state index is -0.0964. The van der Waals surface area contributed by atoms with Crippen LogP contribution < -0.4 is 10.1 Å². The molecular weight excluding hydrogens is 250 g/mol. The van der Waals surface area contributed by atoms with Gasteiger partial charge >= 0.3 is 0 Å². The molecule has 1 aromatic rings. The summed E-state index contributed by atoms with van der Waals surface area (Å²) in [5, 5.41) is 3.31. The van der Waals surface area contributed by atoms with Gasteiger partial charge in [0.15, 0.2) is 0 Å². The van der Waals surface area contributed by atoms with E-state index in [-0.39, 0.29) is 17.4 Å². The Balaban J connectivity index is 1.67. The van der Waals surface area contributed by atoms with Gasteiger partial charge in [-0.2, -0.15) is 0 Å². The fourth-order valence-corrected chi connectivity index (χ4v) is 3.22. The monoisotopic (exact) mass is 273 g/mol. The number of nitrogens with one attached hydrogen (secondary N) is 1. The molecule has 0 heterocycles. The summed E-state index contributed by atoms with van der Waals surface area (Å²) in [6.45, 7) is 0. The van der Waals surface area contributed by atoms with Crippen molar-refractivity contribution in [3.8, 4) is 5.75 Å². The van der Waals surface area contributed by atoms with Crippen LogP contribution in [0, 0.1) is 5.92 Å². The molecule has 0 aromatic heterocycles. The lowest BCUT2D eigenvalue weighted by molar-refractivity contribution is -0.127. The van der Waals surface area contributed by atoms with Gasteiger partial charge in [0.2, 0.25) is 5.91 Å². The normalized spacial score (nSPS) is 21.2. The van der Waals surface area contributed by atoms with E-state index in [0.717, 1.165) is 31.4 Å². The number of amides is 1. The van der Waals surface area contributed by atoms with Gasteiger partial charge in [-0.05, 0) is 43.4 Å². The topological polar surface area (TPSA) is 38.3 Å². The van der Waals surface area contributed by atoms with Crippen LogP contribution in [0.4, 0.5) is 0 Å². The predicted molar refractivity (Wildman–Crippen MR) is 78.6 cm³/mol. The maximum atomic E-state index is 12.4. The van der Waals surface area contributed by atoms with Crippen LogP contribution in [0.1, 0.15) is 50.5 Å². The molecular formula is C17H23NO2. The molecule has 2 aliphatic carbocycles. The first kappa shape index (κ1) is 13.5. The number of hydrogen-bond donors (Lipinski definition) is 1. The third kappa shape index (κ3) is 2.67. The quantitative estimate of drug-likeness (QED) is 0.913. The number of carbonyl (C=O) groups excluding carboxylic acids is 1. The highest BCUT2D eigenvalue weighted by Gasteiger charge is 2.46. The van der Waals surface area contributed by atoms with Crippen LogP contribution in [0.15, 0.2) is 24.3 Å². The van der Waals surface area contributed by atoms with Crippen molar-refractivity contribution < 1.29 is 9.53 Å². The number of carbonyl (C=O) groups is 1. The fourth-order valence-electron chi connectivity index (χ4n) is 3.22. The van der Waals surface area contributed by atoms with E-state index in [4.69, 9.17) is 4.74 Å². The van der Waals surface area contributed by atoms with Crippen molar-refractivity contribution in [2.24, 2.45) is 5.92 Å². The molecule has 0 aliphatic heterocycles. The molecule has 0 atom stereocenters. The summed E-state index contributed by atoms with van der Waals surface area (Å²) in [6.07, 6.45) is 7.92. The van der Waals surface area contributed by atoms with Crippen molar-refractivity contribution in [3.63, 3.8) is 0 Å². The lowest BCUT2D eigenvalue weighted by Crippen LogP contribution is -2.39. The Kier molecular flexibility index (Phi) is 3.68. The third-order valence-corrected chi connectivity index (χ3v) is 4.73. The molecule has 3 nitrogen and oxygen atoms in total. The van der Waals surface area contributed by atoms with Gasteiger partial charge in [0.1, 0.15) is 5.75 Å². The van der Waals surface area contributed by atoms with E-state index in [0.29, 0.717) is 0 Å². The smallest absolute Gasteiger partial charge is 0.223 e. The van der Waals surface area contributed by atoms with Gasteiger partial charge in [-0.25, -0.2) is 0 Å². The Morgan fingerprint density at radius 1 is 1.15 bits per heavy atom. The van der Waals surface area contributed by atoms with E-state index in [1.54, 1.807) is 7.11 Å². The average molecular weight is 273 g/mol. The van der Waals surface area contributed by atoms with Crippen molar-refractivity contribution >= 4 is 5.91 Å². The first-order valence-corrected chi connectivity index (χ1v) is 7.70. The van der Waals surface area contributed by atoms with Gasteiger partial charge in [-0.3, -0.25) is 4.79 Å². The maximum Gasteiger partial charge on any atom is 0.223 e. The Morgan fingerprint density at radius 2 is 1.80 bits per heavy atom. The van der Waals surface area contributed by atoms with E-state index in [2.05, 4.69) is 17.4 Å². The molecule has 108 valence electrons. The highest BCUT2D eigenvalue weighted by atomic mass is 16.5. The van der Waals surface area contributed by atoms with Crippen LogP contribution in [0.3, 0.4) is 0 Å². The highest BCUT2D eigenvalue weighted by molar-refractivity contribution is 5.80. The molecule has 0 saturated heterocycles. The zero-order valence-electron chi connectivity index (χ0n) is 12.2. The molecule has 3 rings (SSSR count). The second-order valence-electron chi connectivity index (χ2n) is 6.13. The van der Waals surface area contributed by atoms with Gasteiger partial charge in [-0.15, -0.1) is 0 Å². The average Bonchev–Trinajstić information content (AvgIpc) is 3.29. The van der Waals surface area contributed by atoms with Crippen molar-refractivity contribution in [2.75, 3.05) is 7.11 Å². The first-order valence-electron chi connectivity index (χ1n) is 7.70. The van der Waals surface area contributed by atoms with Gasteiger partial charge in [0.25, 0.3) is 0 Å². The Hall–Kier alpha value is -1.51. The Labute approximate surface area is 120 Å². The molecule has 1 aromatic carbocycles. The van der Waals surface area contributed by atoms with E-state index < -0.39 is 0 Å². The lowest BCUT2D eigenvalue weighted by atomic mass is 9.88. The molecule has 2 fully saturated rings. The zero-order chi connectivity index (χ0) is 14.0. The SMILES string of the molecule is COc1ccc(C2(NC(=O)C3CCCCC3)CC2)cc1. The molecule has 3 heteroatoms. The number of methoxy groups -OCH3 is 1. The van der Waals surface area contributed by atoms with Gasteiger partial charge in [-0.1, -0.05) is 31.4 Å². The summed E-state index contributed by atoms with van der Waals surface area (Å²) >= 11 is 0. The molecule has 0 radical (unpaired) electrons. The molecule has 2 saturated carbocycles. The third-order valence-electron chi connectivity index (χ3n) is 4.73. The standard InChI is InChI=1S/C17H23NO2/c1-20-15-9-7-14(8-10-15)17(11-12-17)18-16(19)13-5-3-2-4-6-13/h7-10,13H,2-6,11-12H2,1H3,(H,18,19). The molecule has 0 unspecified atom stereocenters. The Morgan fingerprint density at radius 3 is 2.35 bits per heavy atom. The Bertz CT molecular complexity index is 470. The maximum absolute atomic E-state index is 12.4. The summed E-state index contributed by atoms with van der Waals surface area (Å²) in [5.74, 6) is 1.36. The van der Waals surface area contributed by atoms with Crippen LogP contribution >= 0.6 is 0 Å². The number of benzene rings is 1. The minimum absolute atomic E-state index is 0.0964. The zero-order valence-corrected chi connectivity index (χ0v) is 12.2. The van der Waals surface area contributed by atoms with Crippen LogP contribution in [-0.4, -0.2) is 13.0 Å². The van der Waals surface area contributed by atoms with Gasteiger partial charge < -0.3 is 10.1 Å². The van der Waals surface area contributed by atoms with E-state index in [1.807, 2.05) is 12.1 Å². The summed E-state index contributed by atoms with van der Waals surface area (Å²) in [7, 11) is 1.67. The van der Waals surface area contributed by atoms with Gasteiger partial charge in [0, 0.05) is 5.92 Å². The second kappa shape index (κ2) is 5.47. The van der Waals surface area contributed by atoms with E-state index in [1.165, 1.54) is 24.8 Å². The molecule has 1 amide bonds. The molecule has 2 aliphatic rings. The van der Waals surface area contributed by atoms with Crippen molar-refractivity contribution in [2.45, 2.75) is 50.5 Å². The second-order valence-corrected chi connectivity index (χ2v) is 6.13. The number of rotatable bonds is 4. The number of hydrogen-bond acceptors (Lipinski definition) is 2. The van der Waals surface area contributed by atoms with Crippen LogP contribution in [0.25, 0.3) is 0 Å². The minimum Gasteiger partial charge on any atom is -0.497 e. The van der Waals surface area contributed by atoms with Crippen LogP contribution in [-0.2, 0) is 10.3 Å². The van der Waals surface area contributed by atoms with Crippen molar-refractivity contribution in [1.82, 2.24) is 5.32 Å². The molecule has 0 bridgehead atoms. The molecule has 20 heavy (non-hydrogen) atoms.